The van der Waals surface area contributed by atoms with Gasteiger partial charge in [-0.2, -0.15) is 0 Å². The fourth-order valence-electron chi connectivity index (χ4n) is 5.47. The molecule has 5 heterocycles. The number of pyridine rings is 2. The molecule has 7 rings (SSSR count). The molecule has 0 fully saturated rings. The summed E-state index contributed by atoms with van der Waals surface area (Å²) in [6.45, 7) is 1.77. The molecule has 2 aromatic carbocycles. The van der Waals surface area contributed by atoms with Crippen LogP contribution in [0.4, 0.5) is 4.39 Å². The quantitative estimate of drug-likeness (QED) is 0.363. The molecule has 1 atom stereocenters. The molecular formula is C29H21FN2O6. The van der Waals surface area contributed by atoms with E-state index in [-0.39, 0.29) is 48.9 Å². The van der Waals surface area contributed by atoms with E-state index in [1.54, 1.807) is 47.9 Å². The van der Waals surface area contributed by atoms with E-state index < -0.39 is 11.6 Å². The number of fused-ring (bicyclic) bond motifs is 6. The van der Waals surface area contributed by atoms with Crippen LogP contribution in [0.5, 0.6) is 11.5 Å². The Labute approximate surface area is 215 Å². The topological polar surface area (TPSA) is 99.9 Å². The van der Waals surface area contributed by atoms with Crippen molar-refractivity contribution in [3.05, 3.63) is 86.5 Å². The van der Waals surface area contributed by atoms with Crippen LogP contribution in [0, 0.1) is 5.82 Å². The first-order valence-corrected chi connectivity index (χ1v) is 12.2. The average molecular weight is 512 g/mol. The van der Waals surface area contributed by atoms with Crippen molar-refractivity contribution >= 4 is 29.0 Å². The number of aromatic nitrogens is 2. The average Bonchev–Trinajstić information content (AvgIpc) is 3.53. The predicted octanol–water partition coefficient (Wildman–Crippen LogP) is 4.12. The van der Waals surface area contributed by atoms with E-state index in [0.717, 1.165) is 16.5 Å². The Balaban J connectivity index is 1.50. The molecule has 8 nitrogen and oxygen atoms in total. The van der Waals surface area contributed by atoms with Crippen LogP contribution >= 0.6 is 0 Å². The van der Waals surface area contributed by atoms with Crippen LogP contribution in [0.1, 0.15) is 41.2 Å². The maximum atomic E-state index is 14.4. The molecule has 4 aromatic rings. The summed E-state index contributed by atoms with van der Waals surface area (Å²) in [5.74, 6) is -0.000589. The van der Waals surface area contributed by atoms with Gasteiger partial charge in [0.05, 0.1) is 29.0 Å². The van der Waals surface area contributed by atoms with Gasteiger partial charge in [-0.15, -0.1) is 0 Å². The Morgan fingerprint density at radius 3 is 2.66 bits per heavy atom. The molecule has 38 heavy (non-hydrogen) atoms. The van der Waals surface area contributed by atoms with Crippen LogP contribution in [0.2, 0.25) is 0 Å². The lowest BCUT2D eigenvalue weighted by Crippen LogP contribution is -2.44. The normalized spacial score (nSPS) is 19.0. The molecule has 0 radical (unpaired) electrons. The lowest BCUT2D eigenvalue weighted by atomic mass is 9.86. The van der Waals surface area contributed by atoms with Crippen LogP contribution in [-0.4, -0.2) is 27.4 Å². The molecule has 0 bridgehead atoms. The van der Waals surface area contributed by atoms with Crippen LogP contribution in [0.15, 0.2) is 47.3 Å². The summed E-state index contributed by atoms with van der Waals surface area (Å²) in [5, 5.41) is 11.9. The number of rotatable bonds is 3. The summed E-state index contributed by atoms with van der Waals surface area (Å²) in [4.78, 5) is 31.0. The molecule has 0 saturated carbocycles. The van der Waals surface area contributed by atoms with Gasteiger partial charge in [0.15, 0.2) is 17.1 Å². The van der Waals surface area contributed by atoms with Crippen molar-refractivity contribution in [3.8, 4) is 22.9 Å². The van der Waals surface area contributed by atoms with E-state index in [1.807, 2.05) is 12.1 Å². The predicted molar refractivity (Wildman–Crippen MR) is 136 cm³/mol. The summed E-state index contributed by atoms with van der Waals surface area (Å²) in [5.41, 5.74) is 1.80. The summed E-state index contributed by atoms with van der Waals surface area (Å²) in [7, 11) is 0. The number of esters is 1. The fraction of sp³-hybridized carbons (Fsp3) is 0.207. The van der Waals surface area contributed by atoms with Crippen molar-refractivity contribution in [2.24, 2.45) is 0 Å². The molecule has 1 N–H and O–H groups in total. The summed E-state index contributed by atoms with van der Waals surface area (Å²) >= 11 is 0. The Morgan fingerprint density at radius 2 is 1.87 bits per heavy atom. The van der Waals surface area contributed by atoms with Gasteiger partial charge in [-0.1, -0.05) is 37.3 Å². The number of ether oxygens (including phenoxy) is 3. The third-order valence-electron chi connectivity index (χ3n) is 7.56. The van der Waals surface area contributed by atoms with E-state index in [9.17, 15) is 19.1 Å². The van der Waals surface area contributed by atoms with Crippen molar-refractivity contribution in [2.75, 3.05) is 6.79 Å². The van der Waals surface area contributed by atoms with Crippen LogP contribution in [0.25, 0.3) is 34.4 Å². The number of carbonyl (C=O) groups is 1. The van der Waals surface area contributed by atoms with E-state index in [0.29, 0.717) is 34.0 Å². The van der Waals surface area contributed by atoms with Gasteiger partial charge in [0.2, 0.25) is 6.79 Å². The number of cyclic esters (lactones) is 1. The van der Waals surface area contributed by atoms with Gasteiger partial charge >= 0.3 is 5.97 Å². The van der Waals surface area contributed by atoms with Gasteiger partial charge in [-0.25, -0.2) is 14.2 Å². The third kappa shape index (κ3) is 3.08. The molecule has 0 spiro atoms. The van der Waals surface area contributed by atoms with Crippen LogP contribution in [0.3, 0.4) is 0 Å². The molecule has 9 heteroatoms. The fourth-order valence-corrected chi connectivity index (χ4v) is 5.47. The summed E-state index contributed by atoms with van der Waals surface area (Å²) < 4.78 is 32.3. The van der Waals surface area contributed by atoms with E-state index in [1.165, 1.54) is 6.07 Å². The van der Waals surface area contributed by atoms with Crippen molar-refractivity contribution < 1.29 is 28.5 Å². The maximum Gasteiger partial charge on any atom is 0.343 e. The van der Waals surface area contributed by atoms with Gasteiger partial charge in [0.1, 0.15) is 12.4 Å². The molecule has 0 aliphatic carbocycles. The van der Waals surface area contributed by atoms with Crippen molar-refractivity contribution in [1.82, 2.24) is 9.55 Å². The van der Waals surface area contributed by atoms with Gasteiger partial charge in [0, 0.05) is 28.1 Å². The molecule has 3 aliphatic heterocycles. The van der Waals surface area contributed by atoms with E-state index >= 15 is 0 Å². The first-order valence-electron chi connectivity index (χ1n) is 12.2. The third-order valence-corrected chi connectivity index (χ3v) is 7.56. The largest absolute Gasteiger partial charge is 0.458 e. The van der Waals surface area contributed by atoms with Crippen molar-refractivity contribution in [3.63, 3.8) is 0 Å². The second-order valence-corrected chi connectivity index (χ2v) is 9.53. The van der Waals surface area contributed by atoms with Crippen molar-refractivity contribution in [1.29, 1.82) is 0 Å². The number of hydrogen-bond acceptors (Lipinski definition) is 7. The number of halogens is 1. The maximum absolute atomic E-state index is 14.4. The van der Waals surface area contributed by atoms with E-state index in [2.05, 4.69) is 0 Å². The molecule has 0 saturated heterocycles. The van der Waals surface area contributed by atoms with Crippen LogP contribution < -0.4 is 15.0 Å². The molecule has 0 amide bonds. The second-order valence-electron chi connectivity index (χ2n) is 9.53. The lowest BCUT2D eigenvalue weighted by Gasteiger charge is -2.31. The monoisotopic (exact) mass is 512 g/mol. The molecule has 190 valence electrons. The first-order chi connectivity index (χ1) is 18.4. The van der Waals surface area contributed by atoms with Crippen LogP contribution in [-0.2, 0) is 28.3 Å². The number of benzene rings is 2. The number of hydrogen-bond donors (Lipinski definition) is 1. The van der Waals surface area contributed by atoms with Gasteiger partial charge in [-0.3, -0.25) is 4.79 Å². The first kappa shape index (κ1) is 22.7. The summed E-state index contributed by atoms with van der Waals surface area (Å²) in [6.07, 6.45) is 3.56. The minimum Gasteiger partial charge on any atom is -0.458 e. The van der Waals surface area contributed by atoms with Gasteiger partial charge < -0.3 is 23.9 Å². The SMILES string of the molecule is CC[C@@]1(O)C(=O)OCc2c1cc1n(c2=O)Cc2c-1nc1cc3c(cc1c2C=Cc1ccccc1F)OCO3. The second kappa shape index (κ2) is 8.00. The zero-order chi connectivity index (χ0) is 26.2. The standard InChI is InChI=1S/C29H21FN2O6/c1-2-29(35)20-10-23-26-18(12-32(23)27(33)19(20)13-36-28(29)34)16(8-7-15-5-3-4-6-21(15)30)17-9-24-25(38-14-37-24)11-22(17)31-26/h3-11,35H,2,12-14H2,1H3/t29-/m0/s1. The zero-order valence-electron chi connectivity index (χ0n) is 20.3. The van der Waals surface area contributed by atoms with Gasteiger partial charge in [-0.05, 0) is 30.2 Å². The highest BCUT2D eigenvalue weighted by molar-refractivity contribution is 5.97. The Bertz CT molecular complexity index is 1790. The Kier molecular flexibility index (Phi) is 4.77. The molecule has 2 aromatic heterocycles. The number of aliphatic hydroxyl groups is 1. The zero-order valence-corrected chi connectivity index (χ0v) is 20.3. The highest BCUT2D eigenvalue weighted by Gasteiger charge is 2.45. The number of nitrogens with zero attached hydrogens (tertiary/aromatic N) is 2. The smallest absolute Gasteiger partial charge is 0.343 e. The minimum atomic E-state index is -1.92. The highest BCUT2D eigenvalue weighted by atomic mass is 19.1. The molecule has 0 unspecified atom stereocenters. The lowest BCUT2D eigenvalue weighted by molar-refractivity contribution is -0.172. The summed E-state index contributed by atoms with van der Waals surface area (Å²) in [6, 6.07) is 11.7. The highest BCUT2D eigenvalue weighted by Crippen LogP contribution is 2.43. The molecular weight excluding hydrogens is 491 g/mol. The minimum absolute atomic E-state index is 0.0554. The Morgan fingerprint density at radius 1 is 1.08 bits per heavy atom. The Hall–Kier alpha value is -4.50. The number of carbonyl (C=O) groups excluding carboxylic acids is 1. The van der Waals surface area contributed by atoms with Gasteiger partial charge in [0.25, 0.3) is 5.56 Å². The van der Waals surface area contributed by atoms with E-state index in [4.69, 9.17) is 19.2 Å². The van der Waals surface area contributed by atoms with Crippen molar-refractivity contribution in [2.45, 2.75) is 32.1 Å². The molecule has 3 aliphatic rings.